The van der Waals surface area contributed by atoms with E-state index < -0.39 is 16.7 Å². The van der Waals surface area contributed by atoms with Crippen molar-refractivity contribution >= 4 is 10.4 Å². The quantitative estimate of drug-likeness (QED) is 0.273. The summed E-state index contributed by atoms with van der Waals surface area (Å²) in [7, 11) is -4.43. The van der Waals surface area contributed by atoms with Crippen LogP contribution in [0.15, 0.2) is 0 Å². The van der Waals surface area contributed by atoms with Gasteiger partial charge in [-0.2, -0.15) is 8.42 Å². The molecule has 0 aromatic rings. The van der Waals surface area contributed by atoms with Gasteiger partial charge < -0.3 is 4.74 Å². The van der Waals surface area contributed by atoms with E-state index in [1.165, 1.54) is 44.9 Å². The summed E-state index contributed by atoms with van der Waals surface area (Å²) in [6, 6.07) is 0. The molecule has 1 N–H and O–H groups in total. The lowest BCUT2D eigenvalue weighted by Crippen LogP contribution is -2.21. The molecule has 21 heavy (non-hydrogen) atoms. The van der Waals surface area contributed by atoms with Gasteiger partial charge in [0.25, 0.3) is 0 Å². The Hall–Kier alpha value is -0.170. The number of hydrogen-bond acceptors (Lipinski definition) is 4. The Morgan fingerprint density at radius 3 is 1.86 bits per heavy atom. The second kappa shape index (κ2) is 13.5. The monoisotopic (exact) mass is 324 g/mol. The summed E-state index contributed by atoms with van der Waals surface area (Å²) in [6.07, 6.45) is 11.3. The molecule has 0 spiro atoms. The molecule has 0 saturated carbocycles. The molecule has 0 aliphatic rings. The topological polar surface area (TPSA) is 72.8 Å². The van der Waals surface area contributed by atoms with Crippen LogP contribution in [0.25, 0.3) is 0 Å². The Bertz CT molecular complexity index is 316. The molecule has 6 heteroatoms. The van der Waals surface area contributed by atoms with Crippen LogP contribution in [0.1, 0.15) is 84.5 Å². The Balaban J connectivity index is 3.50. The third-order valence-electron chi connectivity index (χ3n) is 3.30. The largest absolute Gasteiger partial charge is 0.399 e. The van der Waals surface area contributed by atoms with Crippen LogP contribution in [-0.2, 0) is 19.3 Å². The van der Waals surface area contributed by atoms with E-state index in [0.717, 1.165) is 19.3 Å². The van der Waals surface area contributed by atoms with Crippen LogP contribution in [0.3, 0.4) is 0 Å². The highest BCUT2D eigenvalue weighted by atomic mass is 32.3. The molecule has 0 radical (unpaired) electrons. The maximum absolute atomic E-state index is 10.7. The first-order valence-corrected chi connectivity index (χ1v) is 9.63. The Morgan fingerprint density at radius 1 is 0.857 bits per heavy atom. The molecule has 0 rings (SSSR count). The first kappa shape index (κ1) is 20.8. The fourth-order valence-corrected chi connectivity index (χ4v) is 2.58. The zero-order chi connectivity index (χ0) is 16.0. The first-order valence-electron chi connectivity index (χ1n) is 8.27. The van der Waals surface area contributed by atoms with Crippen LogP contribution >= 0.6 is 0 Å². The van der Waals surface area contributed by atoms with Crippen molar-refractivity contribution < 1.29 is 21.9 Å². The molecule has 0 amide bonds. The van der Waals surface area contributed by atoms with Crippen LogP contribution in [0.5, 0.6) is 0 Å². The van der Waals surface area contributed by atoms with Crippen LogP contribution in [-0.4, -0.2) is 25.9 Å². The standard InChI is InChI=1S/C15H32O5S/c1-3-5-6-7-8-9-10-11-12-14-19-15(13-4-2)20-21(16,17)18/h15H,3-14H2,1-2H3,(H,16,17,18). The Kier molecular flexibility index (Phi) is 13.4. The minimum absolute atomic E-state index is 0.456. The zero-order valence-corrected chi connectivity index (χ0v) is 14.4. The van der Waals surface area contributed by atoms with Gasteiger partial charge in [-0.05, 0) is 12.8 Å². The molecular formula is C15H32O5S. The van der Waals surface area contributed by atoms with Gasteiger partial charge in [0.15, 0.2) is 6.29 Å². The summed E-state index contributed by atoms with van der Waals surface area (Å²) >= 11 is 0. The van der Waals surface area contributed by atoms with Gasteiger partial charge in [-0.15, -0.1) is 0 Å². The molecule has 5 nitrogen and oxygen atoms in total. The predicted octanol–water partition coefficient (Wildman–Crippen LogP) is 4.48. The predicted molar refractivity (Wildman–Crippen MR) is 84.5 cm³/mol. The van der Waals surface area contributed by atoms with Gasteiger partial charge in [0.05, 0.1) is 0 Å². The number of unbranched alkanes of at least 4 members (excludes halogenated alkanes) is 8. The maximum Gasteiger partial charge on any atom is 0.399 e. The minimum atomic E-state index is -4.43. The summed E-state index contributed by atoms with van der Waals surface area (Å²) in [5, 5.41) is 0. The molecule has 0 saturated heterocycles. The van der Waals surface area contributed by atoms with Crippen molar-refractivity contribution in [2.75, 3.05) is 6.61 Å². The molecule has 0 bridgehead atoms. The van der Waals surface area contributed by atoms with Gasteiger partial charge in [0.1, 0.15) is 0 Å². The van der Waals surface area contributed by atoms with Crippen molar-refractivity contribution in [3.05, 3.63) is 0 Å². The van der Waals surface area contributed by atoms with Crippen molar-refractivity contribution in [3.8, 4) is 0 Å². The van der Waals surface area contributed by atoms with Gasteiger partial charge in [-0.1, -0.05) is 71.6 Å². The van der Waals surface area contributed by atoms with Crippen molar-refractivity contribution in [1.29, 1.82) is 0 Å². The third kappa shape index (κ3) is 16.0. The second-order valence-corrected chi connectivity index (χ2v) is 6.49. The van der Waals surface area contributed by atoms with Crippen molar-refractivity contribution in [1.82, 2.24) is 0 Å². The number of rotatable bonds is 15. The summed E-state index contributed by atoms with van der Waals surface area (Å²) in [4.78, 5) is 0. The van der Waals surface area contributed by atoms with E-state index in [-0.39, 0.29) is 0 Å². The second-order valence-electron chi connectivity index (χ2n) is 5.44. The van der Waals surface area contributed by atoms with E-state index in [1.54, 1.807) is 0 Å². The highest BCUT2D eigenvalue weighted by Crippen LogP contribution is 2.11. The molecular weight excluding hydrogens is 292 g/mol. The average molecular weight is 324 g/mol. The van der Waals surface area contributed by atoms with Gasteiger partial charge in [0, 0.05) is 6.61 Å². The summed E-state index contributed by atoms with van der Waals surface area (Å²) in [5.41, 5.74) is 0. The molecule has 128 valence electrons. The van der Waals surface area contributed by atoms with Crippen LogP contribution < -0.4 is 0 Å². The minimum Gasteiger partial charge on any atom is -0.351 e. The Morgan fingerprint density at radius 2 is 1.38 bits per heavy atom. The van der Waals surface area contributed by atoms with E-state index in [9.17, 15) is 8.42 Å². The normalized spacial score (nSPS) is 13.5. The Labute approximate surface area is 130 Å². The van der Waals surface area contributed by atoms with Crippen LogP contribution in [0.2, 0.25) is 0 Å². The molecule has 0 aliphatic heterocycles. The van der Waals surface area contributed by atoms with Crippen molar-refractivity contribution in [2.24, 2.45) is 0 Å². The molecule has 0 aliphatic carbocycles. The van der Waals surface area contributed by atoms with Gasteiger partial charge >= 0.3 is 10.4 Å². The molecule has 0 aromatic carbocycles. The maximum atomic E-state index is 10.7. The third-order valence-corrected chi connectivity index (χ3v) is 3.76. The lowest BCUT2D eigenvalue weighted by atomic mass is 10.1. The van der Waals surface area contributed by atoms with Gasteiger partial charge in [-0.25, -0.2) is 4.18 Å². The fourth-order valence-electron chi connectivity index (χ4n) is 2.16. The summed E-state index contributed by atoms with van der Waals surface area (Å²) in [5.74, 6) is 0. The molecule has 1 atom stereocenters. The molecule has 0 fully saturated rings. The fraction of sp³-hybridized carbons (Fsp3) is 1.00. The van der Waals surface area contributed by atoms with E-state index in [1.807, 2.05) is 6.92 Å². The molecule has 0 aromatic heterocycles. The highest BCUT2D eigenvalue weighted by Gasteiger charge is 2.16. The average Bonchev–Trinajstić information content (AvgIpc) is 2.39. The number of hydrogen-bond donors (Lipinski definition) is 1. The van der Waals surface area contributed by atoms with Gasteiger partial charge in [0.2, 0.25) is 0 Å². The van der Waals surface area contributed by atoms with Crippen LogP contribution in [0.4, 0.5) is 0 Å². The summed E-state index contributed by atoms with van der Waals surface area (Å²) < 4.78 is 39.8. The molecule has 1 unspecified atom stereocenters. The first-order chi connectivity index (χ1) is 9.99. The zero-order valence-electron chi connectivity index (χ0n) is 13.6. The lowest BCUT2D eigenvalue weighted by Gasteiger charge is -2.15. The number of ether oxygens (including phenoxy) is 1. The van der Waals surface area contributed by atoms with E-state index in [4.69, 9.17) is 9.29 Å². The van der Waals surface area contributed by atoms with E-state index >= 15 is 0 Å². The van der Waals surface area contributed by atoms with Crippen molar-refractivity contribution in [2.45, 2.75) is 90.8 Å². The molecule has 0 heterocycles. The van der Waals surface area contributed by atoms with Crippen LogP contribution in [0, 0.1) is 0 Å². The van der Waals surface area contributed by atoms with E-state index in [2.05, 4.69) is 11.1 Å². The van der Waals surface area contributed by atoms with Crippen molar-refractivity contribution in [3.63, 3.8) is 0 Å². The van der Waals surface area contributed by atoms with E-state index in [0.29, 0.717) is 13.0 Å². The summed E-state index contributed by atoms with van der Waals surface area (Å²) in [6.45, 7) is 4.59. The highest BCUT2D eigenvalue weighted by molar-refractivity contribution is 7.80. The SMILES string of the molecule is CCCCCCCCCCCOC(CCC)OS(=O)(=O)O. The lowest BCUT2D eigenvalue weighted by molar-refractivity contribution is -0.0867. The smallest absolute Gasteiger partial charge is 0.351 e. The van der Waals surface area contributed by atoms with Gasteiger partial charge in [-0.3, -0.25) is 4.55 Å².